The Labute approximate surface area is 162 Å². The van der Waals surface area contributed by atoms with Crippen molar-refractivity contribution >= 4 is 11.8 Å². The van der Waals surface area contributed by atoms with Crippen LogP contribution in [0.25, 0.3) is 0 Å². The number of nitrogens with one attached hydrogen (secondary N) is 1. The van der Waals surface area contributed by atoms with Gasteiger partial charge in [-0.15, -0.1) is 0 Å². The number of hydrogen-bond acceptors (Lipinski definition) is 4. The lowest BCUT2D eigenvalue weighted by molar-refractivity contribution is -0.143. The van der Waals surface area contributed by atoms with Crippen LogP contribution in [0.15, 0.2) is 41.2 Å². The minimum atomic E-state index is -0.330. The summed E-state index contributed by atoms with van der Waals surface area (Å²) >= 11 is 0. The van der Waals surface area contributed by atoms with Crippen molar-refractivity contribution in [3.05, 3.63) is 63.8 Å². The van der Waals surface area contributed by atoms with Crippen LogP contribution in [0.5, 0.6) is 0 Å². The van der Waals surface area contributed by atoms with Crippen LogP contribution in [0, 0.1) is 18.7 Å². The van der Waals surface area contributed by atoms with E-state index in [4.69, 9.17) is 0 Å². The number of carbonyl (C=O) groups is 2. The Morgan fingerprint density at radius 3 is 2.57 bits per heavy atom. The predicted octanol–water partition coefficient (Wildman–Crippen LogP) is 0.897. The number of halogens is 1. The molecule has 1 unspecified atom stereocenters. The van der Waals surface area contributed by atoms with Gasteiger partial charge in [0, 0.05) is 25.2 Å². The van der Waals surface area contributed by atoms with Gasteiger partial charge < -0.3 is 10.2 Å². The molecule has 0 bridgehead atoms. The maximum absolute atomic E-state index is 13.0. The Morgan fingerprint density at radius 1 is 1.21 bits per heavy atom. The molecule has 8 heteroatoms. The molecule has 1 aromatic carbocycles. The van der Waals surface area contributed by atoms with Gasteiger partial charge in [0.15, 0.2) is 0 Å². The molecule has 148 valence electrons. The van der Waals surface area contributed by atoms with Crippen molar-refractivity contribution in [2.75, 3.05) is 13.1 Å². The first-order chi connectivity index (χ1) is 13.3. The van der Waals surface area contributed by atoms with E-state index >= 15 is 0 Å². The van der Waals surface area contributed by atoms with Gasteiger partial charge in [0.25, 0.3) is 5.56 Å². The highest BCUT2D eigenvalue weighted by Gasteiger charge is 2.36. The van der Waals surface area contributed by atoms with Gasteiger partial charge in [-0.2, -0.15) is 5.10 Å². The Bertz CT molecular complexity index is 920. The van der Waals surface area contributed by atoms with E-state index in [2.05, 4.69) is 10.4 Å². The molecule has 2 heterocycles. The summed E-state index contributed by atoms with van der Waals surface area (Å²) in [6.07, 6.45) is 0.601. The average molecular weight is 386 g/mol. The largest absolute Gasteiger partial charge is 0.353 e. The van der Waals surface area contributed by atoms with Crippen LogP contribution in [0.4, 0.5) is 4.39 Å². The third-order valence-electron chi connectivity index (χ3n) is 4.73. The van der Waals surface area contributed by atoms with Gasteiger partial charge >= 0.3 is 0 Å². The number of benzene rings is 1. The van der Waals surface area contributed by atoms with Crippen molar-refractivity contribution in [2.24, 2.45) is 5.92 Å². The fourth-order valence-corrected chi connectivity index (χ4v) is 3.13. The highest BCUT2D eigenvalue weighted by Crippen LogP contribution is 2.16. The van der Waals surface area contributed by atoms with Crippen LogP contribution in [0.2, 0.25) is 0 Å². The van der Waals surface area contributed by atoms with E-state index in [9.17, 15) is 18.8 Å². The number of hydrogen-bond donors (Lipinski definition) is 1. The lowest BCUT2D eigenvalue weighted by atomic mass is 9.98. The summed E-state index contributed by atoms with van der Waals surface area (Å²) in [5.41, 5.74) is 1.27. The van der Waals surface area contributed by atoms with Gasteiger partial charge in [0.2, 0.25) is 11.8 Å². The normalized spacial score (nSPS) is 15.0. The molecule has 0 saturated carbocycles. The minimum Gasteiger partial charge on any atom is -0.353 e. The topological polar surface area (TPSA) is 84.3 Å². The number of rotatable bonds is 6. The monoisotopic (exact) mass is 386 g/mol. The maximum Gasteiger partial charge on any atom is 0.267 e. The molecular formula is C20H23FN4O3. The Kier molecular flexibility index (Phi) is 5.87. The molecule has 0 spiro atoms. The molecule has 1 aromatic heterocycles. The molecule has 3 rings (SSSR count). The molecule has 1 fully saturated rings. The fraction of sp³-hybridized carbons (Fsp3) is 0.400. The standard InChI is InChI=1S/C20H23FN4O3/c1-13-3-8-18(26)25(23-13)12-19(27)24-10-16(11-24)20(28)22-14(2)9-15-4-6-17(21)7-5-15/h3-8,14,16H,9-12H2,1-2H3,(H,22,28). The molecule has 0 radical (unpaired) electrons. The van der Waals surface area contributed by atoms with Gasteiger partial charge in [-0.25, -0.2) is 9.07 Å². The Hall–Kier alpha value is -3.03. The van der Waals surface area contributed by atoms with Crippen LogP contribution >= 0.6 is 0 Å². The van der Waals surface area contributed by atoms with Crippen molar-refractivity contribution in [1.82, 2.24) is 20.0 Å². The van der Waals surface area contributed by atoms with Gasteiger partial charge in [-0.05, 0) is 44.0 Å². The number of nitrogens with zero attached hydrogens (tertiary/aromatic N) is 3. The second kappa shape index (κ2) is 8.33. The second-order valence-electron chi connectivity index (χ2n) is 7.21. The molecule has 1 aliphatic heterocycles. The van der Waals surface area contributed by atoms with E-state index in [1.165, 1.54) is 18.2 Å². The lowest BCUT2D eigenvalue weighted by Gasteiger charge is -2.38. The van der Waals surface area contributed by atoms with E-state index in [1.54, 1.807) is 30.0 Å². The fourth-order valence-electron chi connectivity index (χ4n) is 3.13. The van der Waals surface area contributed by atoms with E-state index in [1.807, 2.05) is 6.92 Å². The molecule has 2 amide bonds. The van der Waals surface area contributed by atoms with Crippen LogP contribution in [0.3, 0.4) is 0 Å². The molecule has 28 heavy (non-hydrogen) atoms. The van der Waals surface area contributed by atoms with Crippen molar-refractivity contribution < 1.29 is 14.0 Å². The van der Waals surface area contributed by atoms with Crippen molar-refractivity contribution in [1.29, 1.82) is 0 Å². The highest BCUT2D eigenvalue weighted by molar-refractivity contribution is 5.84. The van der Waals surface area contributed by atoms with E-state index < -0.39 is 0 Å². The Balaban J connectivity index is 1.45. The average Bonchev–Trinajstić information content (AvgIpc) is 2.58. The number of carbonyl (C=O) groups excluding carboxylic acids is 2. The zero-order valence-electron chi connectivity index (χ0n) is 15.9. The van der Waals surface area contributed by atoms with Crippen molar-refractivity contribution in [3.8, 4) is 0 Å². The number of aryl methyl sites for hydroxylation is 1. The first-order valence-electron chi connectivity index (χ1n) is 9.19. The van der Waals surface area contributed by atoms with E-state index in [0.717, 1.165) is 10.2 Å². The van der Waals surface area contributed by atoms with Crippen LogP contribution < -0.4 is 10.9 Å². The molecule has 0 aliphatic carbocycles. The molecule has 1 atom stereocenters. The predicted molar refractivity (Wildman–Crippen MR) is 101 cm³/mol. The first-order valence-corrected chi connectivity index (χ1v) is 9.19. The summed E-state index contributed by atoms with van der Waals surface area (Å²) in [5.74, 6) is -0.891. The molecular weight excluding hydrogens is 363 g/mol. The summed E-state index contributed by atoms with van der Waals surface area (Å²) in [4.78, 5) is 37.9. The molecule has 1 aliphatic rings. The third-order valence-corrected chi connectivity index (χ3v) is 4.73. The van der Waals surface area contributed by atoms with Gasteiger partial charge in [0.05, 0.1) is 11.6 Å². The summed E-state index contributed by atoms with van der Waals surface area (Å²) < 4.78 is 14.1. The zero-order chi connectivity index (χ0) is 20.3. The highest BCUT2D eigenvalue weighted by atomic mass is 19.1. The molecule has 2 aromatic rings. The summed E-state index contributed by atoms with van der Waals surface area (Å²) in [6.45, 7) is 4.16. The maximum atomic E-state index is 13.0. The summed E-state index contributed by atoms with van der Waals surface area (Å²) in [6, 6.07) is 9.07. The molecule has 1 saturated heterocycles. The van der Waals surface area contributed by atoms with E-state index in [-0.39, 0.29) is 41.7 Å². The minimum absolute atomic E-state index is 0.0993. The Morgan fingerprint density at radius 2 is 1.89 bits per heavy atom. The third kappa shape index (κ3) is 4.82. The SMILES string of the molecule is Cc1ccc(=O)n(CC(=O)N2CC(C(=O)NC(C)Cc3ccc(F)cc3)C2)n1. The number of aromatic nitrogens is 2. The number of likely N-dealkylation sites (tertiary alicyclic amines) is 1. The van der Waals surface area contributed by atoms with Crippen LogP contribution in [-0.4, -0.2) is 45.6 Å². The lowest BCUT2D eigenvalue weighted by Crippen LogP contribution is -2.57. The smallest absolute Gasteiger partial charge is 0.267 e. The summed E-state index contributed by atoms with van der Waals surface area (Å²) in [7, 11) is 0. The quantitative estimate of drug-likeness (QED) is 0.799. The number of amides is 2. The van der Waals surface area contributed by atoms with Crippen molar-refractivity contribution in [3.63, 3.8) is 0 Å². The van der Waals surface area contributed by atoms with Crippen molar-refractivity contribution in [2.45, 2.75) is 32.9 Å². The molecule has 1 N–H and O–H groups in total. The zero-order valence-corrected chi connectivity index (χ0v) is 15.9. The van der Waals surface area contributed by atoms with Gasteiger partial charge in [-0.3, -0.25) is 14.4 Å². The molecule has 7 nitrogen and oxygen atoms in total. The van der Waals surface area contributed by atoms with Gasteiger partial charge in [-0.1, -0.05) is 12.1 Å². The summed E-state index contributed by atoms with van der Waals surface area (Å²) in [5, 5.41) is 6.98. The van der Waals surface area contributed by atoms with Gasteiger partial charge in [0.1, 0.15) is 12.4 Å². The van der Waals surface area contributed by atoms with Crippen LogP contribution in [0.1, 0.15) is 18.2 Å². The second-order valence-corrected chi connectivity index (χ2v) is 7.21. The first kappa shape index (κ1) is 19.7. The van der Waals surface area contributed by atoms with E-state index in [0.29, 0.717) is 25.2 Å². The van der Waals surface area contributed by atoms with Crippen LogP contribution in [-0.2, 0) is 22.6 Å².